The number of nitrogens with zero attached hydrogens (tertiary/aromatic N) is 1. The van der Waals surface area contributed by atoms with Gasteiger partial charge in [0, 0.05) is 7.11 Å². The van der Waals surface area contributed by atoms with E-state index in [0.717, 1.165) is 0 Å². The SMILES string of the molecule is [C-]#[N+]CS(=O)(=O)CCOC. The van der Waals surface area contributed by atoms with Crippen LogP contribution in [0.3, 0.4) is 0 Å². The van der Waals surface area contributed by atoms with Gasteiger partial charge in [-0.2, -0.15) is 0 Å². The second-order valence-electron chi connectivity index (χ2n) is 1.73. The molecule has 0 fully saturated rings. The Balaban J connectivity index is 3.80. The predicted molar refractivity (Wildman–Crippen MR) is 37.1 cm³/mol. The molecule has 0 aromatic heterocycles. The molecule has 0 aromatic carbocycles. The molecule has 0 bridgehead atoms. The van der Waals surface area contributed by atoms with Crippen LogP contribution in [0.4, 0.5) is 0 Å². The topological polar surface area (TPSA) is 47.7 Å². The molecule has 0 N–H and O–H groups in total. The van der Waals surface area contributed by atoms with Gasteiger partial charge in [0.2, 0.25) is 9.84 Å². The van der Waals surface area contributed by atoms with E-state index in [9.17, 15) is 8.42 Å². The van der Waals surface area contributed by atoms with E-state index in [2.05, 4.69) is 9.58 Å². The highest BCUT2D eigenvalue weighted by Gasteiger charge is 2.12. The Labute approximate surface area is 60.5 Å². The molecule has 0 aromatic rings. The van der Waals surface area contributed by atoms with Gasteiger partial charge in [-0.15, -0.1) is 0 Å². The fourth-order valence-corrected chi connectivity index (χ4v) is 1.12. The Kier molecular flexibility index (Phi) is 4.00. The summed E-state index contributed by atoms with van der Waals surface area (Å²) in [5.74, 6) is -0.498. The number of ether oxygens (including phenoxy) is 1. The van der Waals surface area contributed by atoms with Gasteiger partial charge in [0.1, 0.15) is 0 Å². The van der Waals surface area contributed by atoms with E-state index in [-0.39, 0.29) is 12.4 Å². The lowest BCUT2D eigenvalue weighted by Crippen LogP contribution is -2.12. The molecule has 0 aliphatic rings. The average Bonchev–Trinajstić information content (AvgIpc) is 1.84. The van der Waals surface area contributed by atoms with Crippen LogP contribution >= 0.6 is 0 Å². The summed E-state index contributed by atoms with van der Waals surface area (Å²) >= 11 is 0. The summed E-state index contributed by atoms with van der Waals surface area (Å²) in [7, 11) is -1.75. The van der Waals surface area contributed by atoms with E-state index < -0.39 is 15.7 Å². The number of hydrogen-bond donors (Lipinski definition) is 0. The third-order valence-electron chi connectivity index (χ3n) is 0.860. The minimum atomic E-state index is -3.17. The highest BCUT2D eigenvalue weighted by molar-refractivity contribution is 7.91. The second kappa shape index (κ2) is 4.25. The number of sulfone groups is 1. The summed E-state index contributed by atoms with van der Waals surface area (Å²) in [5.41, 5.74) is 0. The lowest BCUT2D eigenvalue weighted by atomic mass is 10.9. The smallest absolute Gasteiger partial charge is 0.312 e. The van der Waals surface area contributed by atoms with Crippen molar-refractivity contribution in [2.45, 2.75) is 0 Å². The first kappa shape index (κ1) is 9.40. The van der Waals surface area contributed by atoms with E-state index in [4.69, 9.17) is 6.57 Å². The first-order chi connectivity index (χ1) is 4.62. The van der Waals surface area contributed by atoms with Crippen LogP contribution in [-0.4, -0.2) is 33.8 Å². The Morgan fingerprint density at radius 3 is 2.60 bits per heavy atom. The normalized spacial score (nSPS) is 10.8. The van der Waals surface area contributed by atoms with Crippen LogP contribution in [0.2, 0.25) is 0 Å². The van der Waals surface area contributed by atoms with Gasteiger partial charge in [0.05, 0.1) is 12.4 Å². The van der Waals surface area contributed by atoms with Crippen molar-refractivity contribution in [1.29, 1.82) is 0 Å². The molecule has 0 rings (SSSR count). The van der Waals surface area contributed by atoms with Gasteiger partial charge < -0.3 is 4.74 Å². The molecule has 4 nitrogen and oxygen atoms in total. The van der Waals surface area contributed by atoms with E-state index in [0.29, 0.717) is 0 Å². The average molecular weight is 163 g/mol. The monoisotopic (exact) mass is 163 g/mol. The summed E-state index contributed by atoms with van der Waals surface area (Å²) in [5, 5.41) is 0. The van der Waals surface area contributed by atoms with Crippen LogP contribution in [-0.2, 0) is 14.6 Å². The van der Waals surface area contributed by atoms with Gasteiger partial charge in [-0.1, -0.05) is 0 Å². The van der Waals surface area contributed by atoms with Gasteiger partial charge >= 0.3 is 5.88 Å². The van der Waals surface area contributed by atoms with Gasteiger partial charge in [-0.3, -0.25) is 4.85 Å². The first-order valence-corrected chi connectivity index (χ1v) is 4.47. The van der Waals surface area contributed by atoms with E-state index in [1.807, 2.05) is 0 Å². The standard InChI is InChI=1S/C5H9NO3S/c1-6-5-10(7,8)4-3-9-2/h3-5H2,2H3. The maximum Gasteiger partial charge on any atom is 0.312 e. The fraction of sp³-hybridized carbons (Fsp3) is 0.800. The molecule has 0 unspecified atom stereocenters. The number of methoxy groups -OCH3 is 1. The molecule has 0 amide bonds. The third-order valence-corrected chi connectivity index (χ3v) is 2.17. The predicted octanol–water partition coefficient (Wildman–Crippen LogP) is -0.0756. The Bertz CT molecular complexity index is 214. The second-order valence-corrected chi connectivity index (χ2v) is 3.88. The number of rotatable bonds is 4. The quantitative estimate of drug-likeness (QED) is 0.545. The zero-order valence-corrected chi connectivity index (χ0v) is 6.52. The van der Waals surface area contributed by atoms with Crippen molar-refractivity contribution >= 4 is 9.84 Å². The summed E-state index contributed by atoms with van der Waals surface area (Å²) in [6.45, 7) is 6.46. The first-order valence-electron chi connectivity index (χ1n) is 2.65. The van der Waals surface area contributed by atoms with Crippen LogP contribution in [0.25, 0.3) is 4.85 Å². The summed E-state index contributed by atoms with van der Waals surface area (Å²) < 4.78 is 25.9. The van der Waals surface area contributed by atoms with Gasteiger partial charge in [-0.05, 0) is 0 Å². The van der Waals surface area contributed by atoms with E-state index >= 15 is 0 Å². The van der Waals surface area contributed by atoms with Crippen LogP contribution in [0.1, 0.15) is 0 Å². The fourth-order valence-electron chi connectivity index (χ4n) is 0.373. The van der Waals surface area contributed by atoms with Crippen molar-refractivity contribution < 1.29 is 13.2 Å². The largest absolute Gasteiger partial charge is 0.384 e. The van der Waals surface area contributed by atoms with Crippen LogP contribution in [0, 0.1) is 6.57 Å². The summed E-state index contributed by atoms with van der Waals surface area (Å²) in [6, 6.07) is 0. The van der Waals surface area contributed by atoms with Crippen molar-refractivity contribution in [2.24, 2.45) is 0 Å². The highest BCUT2D eigenvalue weighted by Crippen LogP contribution is 1.89. The van der Waals surface area contributed by atoms with Crippen LogP contribution < -0.4 is 0 Å². The molecule has 0 aliphatic carbocycles. The molecule has 0 atom stereocenters. The molecular formula is C5H9NO3S. The van der Waals surface area contributed by atoms with Crippen molar-refractivity contribution in [1.82, 2.24) is 0 Å². The van der Waals surface area contributed by atoms with Crippen molar-refractivity contribution in [3.8, 4) is 0 Å². The lowest BCUT2D eigenvalue weighted by molar-refractivity contribution is 0.217. The number of hydrogen-bond acceptors (Lipinski definition) is 3. The van der Waals surface area contributed by atoms with Crippen molar-refractivity contribution in [3.63, 3.8) is 0 Å². The molecule has 0 radical (unpaired) electrons. The van der Waals surface area contributed by atoms with Crippen molar-refractivity contribution in [2.75, 3.05) is 25.3 Å². The summed E-state index contributed by atoms with van der Waals surface area (Å²) in [4.78, 5) is 2.77. The molecule has 10 heavy (non-hydrogen) atoms. The Morgan fingerprint density at radius 2 is 2.20 bits per heavy atom. The molecule has 0 saturated heterocycles. The minimum absolute atomic E-state index is 0.0636. The van der Waals surface area contributed by atoms with Gasteiger partial charge in [-0.25, -0.2) is 15.0 Å². The maximum atomic E-state index is 10.7. The summed E-state index contributed by atoms with van der Waals surface area (Å²) in [6.07, 6.45) is 0. The van der Waals surface area contributed by atoms with Gasteiger partial charge in [0.25, 0.3) is 0 Å². The third kappa shape index (κ3) is 4.30. The Hall–Kier alpha value is -0.600. The maximum absolute atomic E-state index is 10.7. The van der Waals surface area contributed by atoms with Crippen molar-refractivity contribution in [3.05, 3.63) is 11.4 Å². The zero-order chi connectivity index (χ0) is 8.04. The minimum Gasteiger partial charge on any atom is -0.384 e. The molecule has 0 heterocycles. The zero-order valence-electron chi connectivity index (χ0n) is 5.70. The molecule has 58 valence electrons. The van der Waals surface area contributed by atoms with Crippen LogP contribution in [0.15, 0.2) is 0 Å². The highest BCUT2D eigenvalue weighted by atomic mass is 32.2. The molecular weight excluding hydrogens is 154 g/mol. The molecule has 0 aliphatic heterocycles. The lowest BCUT2D eigenvalue weighted by Gasteiger charge is -1.94. The molecule has 0 saturated carbocycles. The molecule has 0 spiro atoms. The van der Waals surface area contributed by atoms with E-state index in [1.165, 1.54) is 7.11 Å². The van der Waals surface area contributed by atoms with Gasteiger partial charge in [0.15, 0.2) is 0 Å². The molecule has 5 heteroatoms. The van der Waals surface area contributed by atoms with Crippen LogP contribution in [0.5, 0.6) is 0 Å². The Morgan fingerprint density at radius 1 is 1.60 bits per heavy atom. The van der Waals surface area contributed by atoms with E-state index in [1.54, 1.807) is 0 Å².